The molecule has 2 saturated heterocycles. The fourth-order valence-corrected chi connectivity index (χ4v) is 7.24. The first-order chi connectivity index (χ1) is 23.4. The second-order valence-electron chi connectivity index (χ2n) is 12.9. The van der Waals surface area contributed by atoms with Crippen molar-refractivity contribution < 1.29 is 9.53 Å². The average Bonchev–Trinajstić information content (AvgIpc) is 3.52. The summed E-state index contributed by atoms with van der Waals surface area (Å²) in [5.74, 6) is 0.673. The van der Waals surface area contributed by atoms with Crippen LogP contribution in [0.4, 0.5) is 11.5 Å². The lowest BCUT2D eigenvalue weighted by molar-refractivity contribution is -0.128. The number of nitrogens with zero attached hydrogens (tertiary/aromatic N) is 7. The zero-order valence-corrected chi connectivity index (χ0v) is 28.2. The van der Waals surface area contributed by atoms with Gasteiger partial charge in [-0.3, -0.25) is 4.79 Å². The van der Waals surface area contributed by atoms with Crippen molar-refractivity contribution in [1.29, 1.82) is 10.7 Å². The lowest BCUT2D eigenvalue weighted by atomic mass is 9.99. The molecule has 11 nitrogen and oxygen atoms in total. The number of hydrogen-bond donors (Lipinski definition) is 2. The van der Waals surface area contributed by atoms with Crippen molar-refractivity contribution in [2.24, 2.45) is 0 Å². The second kappa shape index (κ2) is 14.9. The smallest absolute Gasteiger partial charge is 0.318 e. The molecule has 0 unspecified atom stereocenters. The van der Waals surface area contributed by atoms with E-state index in [0.29, 0.717) is 50.4 Å². The topological polar surface area (TPSA) is 125 Å². The summed E-state index contributed by atoms with van der Waals surface area (Å²) >= 11 is 0. The van der Waals surface area contributed by atoms with Gasteiger partial charge in [0.05, 0.1) is 30.8 Å². The fraction of sp³-hybridized carbons (Fsp3) is 0.432. The molecule has 0 spiro atoms. The van der Waals surface area contributed by atoms with E-state index < -0.39 is 0 Å². The second-order valence-corrected chi connectivity index (χ2v) is 12.9. The van der Waals surface area contributed by atoms with Crippen LogP contribution < -0.4 is 19.9 Å². The zero-order valence-electron chi connectivity index (χ0n) is 28.2. The molecule has 2 fully saturated rings. The van der Waals surface area contributed by atoms with Gasteiger partial charge in [0.25, 0.3) is 0 Å². The van der Waals surface area contributed by atoms with Gasteiger partial charge in [-0.15, -0.1) is 0 Å². The largest absolute Gasteiger partial charge is 0.462 e. The van der Waals surface area contributed by atoms with Gasteiger partial charge in [-0.2, -0.15) is 15.2 Å². The van der Waals surface area contributed by atoms with Crippen molar-refractivity contribution in [1.82, 2.24) is 25.1 Å². The van der Waals surface area contributed by atoms with Crippen LogP contribution in [0, 0.1) is 23.7 Å². The monoisotopic (exact) mass is 647 g/mol. The van der Waals surface area contributed by atoms with E-state index in [0.717, 1.165) is 49.4 Å². The van der Waals surface area contributed by atoms with Gasteiger partial charge < -0.3 is 35.1 Å². The average molecular weight is 648 g/mol. The summed E-state index contributed by atoms with van der Waals surface area (Å²) in [5, 5.41) is 22.7. The third-order valence-corrected chi connectivity index (χ3v) is 9.82. The van der Waals surface area contributed by atoms with Crippen LogP contribution in [0.15, 0.2) is 60.3 Å². The summed E-state index contributed by atoms with van der Waals surface area (Å²) in [5.41, 5.74) is 5.10. The van der Waals surface area contributed by atoms with E-state index in [1.165, 1.54) is 34.3 Å². The highest BCUT2D eigenvalue weighted by atomic mass is 16.5. The first-order valence-electron chi connectivity index (χ1n) is 16.8. The third-order valence-electron chi connectivity index (χ3n) is 9.82. The number of aryl methyl sites for hydroxylation is 1. The van der Waals surface area contributed by atoms with E-state index in [2.05, 4.69) is 76.5 Å². The number of benzene rings is 2. The van der Waals surface area contributed by atoms with Crippen LogP contribution in [-0.2, 0) is 17.8 Å². The highest BCUT2D eigenvalue weighted by molar-refractivity contribution is 5.97. The lowest BCUT2D eigenvalue weighted by Gasteiger charge is -2.42. The van der Waals surface area contributed by atoms with Gasteiger partial charge in [-0.05, 0) is 62.9 Å². The minimum absolute atomic E-state index is 0.172. The zero-order chi connectivity index (χ0) is 33.6. The maximum Gasteiger partial charge on any atom is 0.318 e. The molecule has 0 saturated carbocycles. The maximum atomic E-state index is 13.3. The van der Waals surface area contributed by atoms with Crippen molar-refractivity contribution in [3.63, 3.8) is 0 Å². The molecule has 4 heterocycles. The molecular formula is C37H45N9O2. The van der Waals surface area contributed by atoms with Crippen LogP contribution in [-0.4, -0.2) is 97.4 Å². The molecule has 6 rings (SSSR count). The number of hydrogen-bond acceptors (Lipinski definition) is 10. The number of rotatable bonds is 10. The molecule has 0 radical (unpaired) electrons. The van der Waals surface area contributed by atoms with E-state index in [9.17, 15) is 10.1 Å². The minimum atomic E-state index is -0.307. The standard InChI is InChI=1S/C37H45N9O2/c1-26-7-4-8-28-9-5-11-33(35(26)28)44-18-15-31-32(24-44)41-37(48-25-30-10-6-17-43(30)3)42-36(31)45-19-20-46(29(23-45)14-16-38)34(47)13-12-27(21-39)22-40-2/h4-5,7-9,11-13,21-22,29-30,39-40H,6,10,14-15,17-20,23-25H2,1-3H3/b13-12+,27-22-,39-21?/t29-,30-/m0/s1. The molecule has 2 atom stereocenters. The Balaban J connectivity index is 1.30. The van der Waals surface area contributed by atoms with Gasteiger partial charge in [0.1, 0.15) is 12.4 Å². The van der Waals surface area contributed by atoms with Gasteiger partial charge in [-0.1, -0.05) is 30.3 Å². The molecule has 2 N–H and O–H groups in total. The summed E-state index contributed by atoms with van der Waals surface area (Å²) in [6.45, 7) is 6.74. The quantitative estimate of drug-likeness (QED) is 0.189. The number of fused-ring (bicyclic) bond motifs is 2. The molecule has 2 aromatic carbocycles. The predicted molar refractivity (Wildman–Crippen MR) is 190 cm³/mol. The number of amides is 1. The predicted octanol–water partition coefficient (Wildman–Crippen LogP) is 4.21. The van der Waals surface area contributed by atoms with Gasteiger partial charge in [0.15, 0.2) is 0 Å². The Morgan fingerprint density at radius 1 is 1.10 bits per heavy atom. The highest BCUT2D eigenvalue weighted by Gasteiger charge is 2.34. The Kier molecular flexibility index (Phi) is 10.2. The minimum Gasteiger partial charge on any atom is -0.462 e. The molecule has 48 heavy (non-hydrogen) atoms. The molecule has 11 heteroatoms. The van der Waals surface area contributed by atoms with E-state index in [1.54, 1.807) is 24.2 Å². The summed E-state index contributed by atoms with van der Waals surface area (Å²) < 4.78 is 6.34. The molecule has 3 aliphatic rings. The maximum absolute atomic E-state index is 13.3. The molecule has 3 aromatic rings. The summed E-state index contributed by atoms with van der Waals surface area (Å²) in [4.78, 5) is 32.1. The number of allylic oxidation sites excluding steroid dienone is 2. The number of nitriles is 1. The van der Waals surface area contributed by atoms with Gasteiger partial charge in [-0.25, -0.2) is 0 Å². The molecule has 1 amide bonds. The van der Waals surface area contributed by atoms with Crippen LogP contribution in [0.25, 0.3) is 10.8 Å². The lowest BCUT2D eigenvalue weighted by Crippen LogP contribution is -2.55. The van der Waals surface area contributed by atoms with E-state index in [-0.39, 0.29) is 18.4 Å². The first-order valence-corrected chi connectivity index (χ1v) is 16.8. The van der Waals surface area contributed by atoms with Crippen molar-refractivity contribution in [3.8, 4) is 12.1 Å². The number of ether oxygens (including phenoxy) is 1. The third kappa shape index (κ3) is 6.99. The Morgan fingerprint density at radius 3 is 2.69 bits per heavy atom. The first kappa shape index (κ1) is 33.0. The number of carbonyl (C=O) groups excluding carboxylic acids is 1. The van der Waals surface area contributed by atoms with Crippen molar-refractivity contribution in [3.05, 3.63) is 77.1 Å². The van der Waals surface area contributed by atoms with E-state index in [4.69, 9.17) is 20.1 Å². The molecule has 3 aliphatic heterocycles. The van der Waals surface area contributed by atoms with Crippen LogP contribution in [0.5, 0.6) is 6.01 Å². The normalized spacial score (nSPS) is 20.2. The van der Waals surface area contributed by atoms with Crippen molar-refractivity contribution >= 4 is 34.4 Å². The number of likely N-dealkylation sites (tertiary alicyclic amines) is 1. The molecule has 0 aliphatic carbocycles. The summed E-state index contributed by atoms with van der Waals surface area (Å²) in [6, 6.07) is 15.6. The number of piperazine rings is 1. The van der Waals surface area contributed by atoms with Crippen LogP contribution in [0.2, 0.25) is 0 Å². The highest BCUT2D eigenvalue weighted by Crippen LogP contribution is 2.36. The van der Waals surface area contributed by atoms with Crippen molar-refractivity contribution in [2.75, 3.05) is 63.2 Å². The molecule has 1 aromatic heterocycles. The molecular weight excluding hydrogens is 602 g/mol. The fourth-order valence-electron chi connectivity index (χ4n) is 7.24. The summed E-state index contributed by atoms with van der Waals surface area (Å²) in [7, 11) is 3.89. The molecule has 250 valence electrons. The molecule has 0 bridgehead atoms. The Bertz CT molecular complexity index is 1760. The van der Waals surface area contributed by atoms with Crippen molar-refractivity contribution in [2.45, 2.75) is 51.2 Å². The van der Waals surface area contributed by atoms with Crippen LogP contribution in [0.3, 0.4) is 0 Å². The van der Waals surface area contributed by atoms with Crippen LogP contribution in [0.1, 0.15) is 36.1 Å². The van der Waals surface area contributed by atoms with E-state index >= 15 is 0 Å². The van der Waals surface area contributed by atoms with E-state index in [1.807, 2.05) is 0 Å². The number of carbonyl (C=O) groups is 1. The Labute approximate surface area is 283 Å². The SMILES string of the molecule is CN/C=C(C=N)/C=C/C(=O)N1CCN(c2nc(OC[C@@H]3CCCN3C)nc3c2CCN(c2cccc4cccc(C)c24)C3)C[C@@H]1CC#N. The Hall–Kier alpha value is -4.95. The number of anilines is 2. The Morgan fingerprint density at radius 2 is 1.94 bits per heavy atom. The van der Waals surface area contributed by atoms with Crippen LogP contribution >= 0.6 is 0 Å². The number of nitrogens with one attached hydrogen (secondary N) is 2. The van der Waals surface area contributed by atoms with Gasteiger partial charge in [0, 0.05) is 80.0 Å². The number of likely N-dealkylation sites (N-methyl/N-ethyl adjacent to an activating group) is 1. The van der Waals surface area contributed by atoms with Gasteiger partial charge >= 0.3 is 6.01 Å². The van der Waals surface area contributed by atoms with Gasteiger partial charge in [0.2, 0.25) is 5.91 Å². The number of aromatic nitrogens is 2. The summed E-state index contributed by atoms with van der Waals surface area (Å²) in [6.07, 6.45) is 9.19.